The van der Waals surface area contributed by atoms with E-state index < -0.39 is 0 Å². The minimum absolute atomic E-state index is 0. The van der Waals surface area contributed by atoms with E-state index in [1.54, 1.807) is 0 Å². The van der Waals surface area contributed by atoms with Gasteiger partial charge in [-0.3, -0.25) is 4.79 Å². The fourth-order valence-corrected chi connectivity index (χ4v) is 5.06. The normalized spacial score (nSPS) is 27.5. The summed E-state index contributed by atoms with van der Waals surface area (Å²) in [5, 5.41) is 3.51. The number of rotatable bonds is 5. The van der Waals surface area contributed by atoms with Gasteiger partial charge in [0.25, 0.3) is 0 Å². The number of carbonyl (C=O) groups is 1. The third-order valence-corrected chi connectivity index (χ3v) is 7.00. The third kappa shape index (κ3) is 4.65. The molecule has 3 fully saturated rings. The van der Waals surface area contributed by atoms with Gasteiger partial charge in [0.15, 0.2) is 0 Å². The molecule has 2 aliphatic heterocycles. The Balaban J connectivity index is 0.00000218. The van der Waals surface area contributed by atoms with Gasteiger partial charge in [-0.2, -0.15) is 0 Å². The van der Waals surface area contributed by atoms with Crippen molar-refractivity contribution in [3.63, 3.8) is 0 Å². The van der Waals surface area contributed by atoms with Crippen LogP contribution in [0.25, 0.3) is 0 Å². The molecule has 5 rings (SSSR count). The number of likely N-dealkylation sites (tertiary alicyclic amines) is 1. The number of hydrogen-bond donors (Lipinski definition) is 1. The number of nitrogens with one attached hydrogen (secondary N) is 1. The van der Waals surface area contributed by atoms with E-state index >= 15 is 0 Å². The van der Waals surface area contributed by atoms with Crippen molar-refractivity contribution in [1.29, 1.82) is 0 Å². The van der Waals surface area contributed by atoms with Gasteiger partial charge in [0.2, 0.25) is 5.91 Å². The first-order valence-electron chi connectivity index (χ1n) is 11.0. The lowest BCUT2D eigenvalue weighted by molar-refractivity contribution is -0.132. The highest BCUT2D eigenvalue weighted by Gasteiger charge is 2.46. The lowest BCUT2D eigenvalue weighted by Crippen LogP contribution is -2.34. The second-order valence-corrected chi connectivity index (χ2v) is 8.87. The van der Waals surface area contributed by atoms with Crippen LogP contribution in [0.5, 0.6) is 5.75 Å². The lowest BCUT2D eigenvalue weighted by atomic mass is 9.92. The van der Waals surface area contributed by atoms with Crippen molar-refractivity contribution in [1.82, 2.24) is 10.2 Å². The van der Waals surface area contributed by atoms with Crippen LogP contribution in [0.2, 0.25) is 0 Å². The van der Waals surface area contributed by atoms with E-state index in [2.05, 4.69) is 34.5 Å². The molecule has 0 bridgehead atoms. The second kappa shape index (κ2) is 9.40. The molecule has 1 amide bonds. The fourth-order valence-electron chi connectivity index (χ4n) is 5.06. The summed E-state index contributed by atoms with van der Waals surface area (Å²) in [6.45, 7) is 4.74. The molecule has 5 heteroatoms. The summed E-state index contributed by atoms with van der Waals surface area (Å²) in [6, 6.07) is 18.6. The molecule has 4 nitrogen and oxygen atoms in total. The minimum atomic E-state index is 0. The number of hydrogen-bond acceptors (Lipinski definition) is 3. The zero-order valence-electron chi connectivity index (χ0n) is 17.3. The van der Waals surface area contributed by atoms with Crippen LogP contribution in [-0.4, -0.2) is 37.0 Å². The van der Waals surface area contributed by atoms with Gasteiger partial charge in [0, 0.05) is 19.0 Å². The maximum absolute atomic E-state index is 13.0. The van der Waals surface area contributed by atoms with E-state index in [1.165, 1.54) is 11.1 Å². The van der Waals surface area contributed by atoms with Crippen LogP contribution in [0.3, 0.4) is 0 Å². The molecular weight excluding hydrogens is 396 g/mol. The number of benzene rings is 2. The van der Waals surface area contributed by atoms with Crippen molar-refractivity contribution in [3.05, 3.63) is 65.7 Å². The van der Waals surface area contributed by atoms with Gasteiger partial charge in [-0.05, 0) is 73.4 Å². The molecule has 2 saturated heterocycles. The van der Waals surface area contributed by atoms with E-state index in [4.69, 9.17) is 4.74 Å². The largest absolute Gasteiger partial charge is 0.489 e. The Hall–Kier alpha value is -2.04. The van der Waals surface area contributed by atoms with Gasteiger partial charge >= 0.3 is 0 Å². The van der Waals surface area contributed by atoms with Gasteiger partial charge in [0.1, 0.15) is 12.4 Å². The average molecular weight is 427 g/mol. The zero-order valence-corrected chi connectivity index (χ0v) is 18.2. The molecule has 0 aromatic heterocycles. The van der Waals surface area contributed by atoms with Crippen molar-refractivity contribution in [2.75, 3.05) is 26.2 Å². The number of ether oxygens (including phenoxy) is 1. The molecule has 1 N–H and O–H groups in total. The smallest absolute Gasteiger partial charge is 0.226 e. The van der Waals surface area contributed by atoms with Gasteiger partial charge < -0.3 is 15.0 Å². The summed E-state index contributed by atoms with van der Waals surface area (Å²) in [6.07, 6.45) is 3.32. The van der Waals surface area contributed by atoms with Gasteiger partial charge in [-0.15, -0.1) is 12.4 Å². The average Bonchev–Trinajstić information content (AvgIpc) is 3.49. The van der Waals surface area contributed by atoms with Crippen molar-refractivity contribution in [2.24, 2.45) is 17.8 Å². The summed E-state index contributed by atoms with van der Waals surface area (Å²) in [5.74, 6) is 3.37. The number of nitrogens with zero attached hydrogens (tertiary/aromatic N) is 1. The number of amides is 1. The third-order valence-electron chi connectivity index (χ3n) is 7.00. The first-order valence-corrected chi connectivity index (χ1v) is 11.0. The number of fused-ring (bicyclic) bond motifs is 1. The molecule has 0 radical (unpaired) electrons. The van der Waals surface area contributed by atoms with Crippen molar-refractivity contribution in [3.8, 4) is 5.75 Å². The zero-order chi connectivity index (χ0) is 19.6. The lowest BCUT2D eigenvalue weighted by Gasteiger charge is -2.21. The molecule has 3 aliphatic rings. The Morgan fingerprint density at radius 1 is 0.967 bits per heavy atom. The molecule has 2 heterocycles. The molecule has 1 saturated carbocycles. The molecule has 2 unspecified atom stereocenters. The standard InChI is InChI=1S/C25H30N2O2.ClH/c28-25(27-12-10-20-15-26-16-21(20)11-13-27)24-14-23(24)19-6-8-22(9-7-19)29-17-18-4-2-1-3-5-18;/h1-9,20-21,23-24,26H,10-17H2;1H/t20-,21+,23?,24?;. The molecule has 30 heavy (non-hydrogen) atoms. The fraction of sp³-hybridized carbons (Fsp3) is 0.480. The predicted molar refractivity (Wildman–Crippen MR) is 121 cm³/mol. The summed E-state index contributed by atoms with van der Waals surface area (Å²) >= 11 is 0. The summed E-state index contributed by atoms with van der Waals surface area (Å²) in [5.41, 5.74) is 2.44. The molecule has 4 atom stereocenters. The topological polar surface area (TPSA) is 41.6 Å². The molecule has 0 spiro atoms. The first-order chi connectivity index (χ1) is 14.3. The van der Waals surface area contributed by atoms with E-state index in [1.807, 2.05) is 30.3 Å². The highest BCUT2D eigenvalue weighted by atomic mass is 35.5. The highest BCUT2D eigenvalue weighted by molar-refractivity contribution is 5.85. The Morgan fingerprint density at radius 3 is 2.30 bits per heavy atom. The molecule has 160 valence electrons. The Labute approximate surface area is 185 Å². The van der Waals surface area contributed by atoms with Crippen molar-refractivity contribution >= 4 is 18.3 Å². The molecule has 1 aliphatic carbocycles. The van der Waals surface area contributed by atoms with Gasteiger partial charge in [-0.25, -0.2) is 0 Å². The van der Waals surface area contributed by atoms with Crippen LogP contribution < -0.4 is 10.1 Å². The Bertz CT molecular complexity index is 828. The molecule has 2 aromatic rings. The predicted octanol–water partition coefficient (Wildman–Crippen LogP) is 4.25. The van der Waals surface area contributed by atoms with E-state index in [9.17, 15) is 4.79 Å². The number of carbonyl (C=O) groups excluding carboxylic acids is 1. The summed E-state index contributed by atoms with van der Waals surface area (Å²) in [7, 11) is 0. The number of halogens is 1. The van der Waals surface area contributed by atoms with Crippen LogP contribution in [-0.2, 0) is 11.4 Å². The van der Waals surface area contributed by atoms with E-state index in [0.29, 0.717) is 18.4 Å². The van der Waals surface area contributed by atoms with Crippen LogP contribution in [0.1, 0.15) is 36.3 Å². The van der Waals surface area contributed by atoms with E-state index in [0.717, 1.165) is 63.0 Å². The maximum atomic E-state index is 13.0. The van der Waals surface area contributed by atoms with Crippen molar-refractivity contribution < 1.29 is 9.53 Å². The van der Waals surface area contributed by atoms with Crippen LogP contribution in [0.15, 0.2) is 54.6 Å². The van der Waals surface area contributed by atoms with Crippen LogP contribution in [0.4, 0.5) is 0 Å². The minimum Gasteiger partial charge on any atom is -0.489 e. The van der Waals surface area contributed by atoms with Crippen molar-refractivity contribution in [2.45, 2.75) is 31.8 Å². The van der Waals surface area contributed by atoms with Crippen LogP contribution in [0, 0.1) is 17.8 Å². The SMILES string of the molecule is Cl.O=C(C1CC1c1ccc(OCc2ccccc2)cc1)N1CC[C@@H]2CNC[C@@H]2CC1. The van der Waals surface area contributed by atoms with E-state index in [-0.39, 0.29) is 18.3 Å². The maximum Gasteiger partial charge on any atom is 0.226 e. The second-order valence-electron chi connectivity index (χ2n) is 8.87. The molecular formula is C25H31ClN2O2. The Kier molecular flexibility index (Phi) is 6.64. The quantitative estimate of drug-likeness (QED) is 0.777. The van der Waals surface area contributed by atoms with Gasteiger partial charge in [0.05, 0.1) is 0 Å². The van der Waals surface area contributed by atoms with Crippen LogP contribution >= 0.6 is 12.4 Å². The monoisotopic (exact) mass is 426 g/mol. The highest BCUT2D eigenvalue weighted by Crippen LogP contribution is 2.49. The summed E-state index contributed by atoms with van der Waals surface area (Å²) in [4.78, 5) is 15.2. The molecule has 2 aromatic carbocycles. The Morgan fingerprint density at radius 2 is 1.63 bits per heavy atom. The first kappa shape index (κ1) is 21.2. The van der Waals surface area contributed by atoms with Gasteiger partial charge in [-0.1, -0.05) is 42.5 Å². The summed E-state index contributed by atoms with van der Waals surface area (Å²) < 4.78 is 5.89.